The number of hydrogen-bond donors (Lipinski definition) is 5. The van der Waals surface area contributed by atoms with Crippen molar-refractivity contribution in [2.45, 2.75) is 63.4 Å². The Morgan fingerprint density at radius 3 is 1.48 bits per heavy atom. The minimum atomic E-state index is -5.28. The minimum absolute atomic E-state index is 0. The van der Waals surface area contributed by atoms with Gasteiger partial charge in [-0.05, 0) is 12.8 Å². The molecule has 0 fully saturated rings. The fraction of sp³-hybridized carbons (Fsp3) is 1.00. The van der Waals surface area contributed by atoms with E-state index in [1.54, 1.807) is 0 Å². The number of hydrogen-bond acceptors (Lipinski definition) is 3. The van der Waals surface area contributed by atoms with Crippen molar-refractivity contribution in [3.8, 4) is 0 Å². The van der Waals surface area contributed by atoms with Gasteiger partial charge in [-0.25, -0.2) is 0 Å². The van der Waals surface area contributed by atoms with Crippen LogP contribution >= 0.6 is 15.2 Å². The maximum absolute atomic E-state index is 11.1. The van der Waals surface area contributed by atoms with Crippen molar-refractivity contribution in [3.63, 3.8) is 0 Å². The van der Waals surface area contributed by atoms with Crippen LogP contribution < -0.4 is 59.1 Å². The summed E-state index contributed by atoms with van der Waals surface area (Å²) in [6.45, 7) is 2.08. The van der Waals surface area contributed by atoms with E-state index in [1.165, 1.54) is 0 Å². The summed E-state index contributed by atoms with van der Waals surface area (Å²) in [6.07, 6.45) is 5.22. The van der Waals surface area contributed by atoms with Gasteiger partial charge >= 0.3 is 74.3 Å². The van der Waals surface area contributed by atoms with E-state index >= 15 is 0 Å². The maximum atomic E-state index is 11.1. The summed E-state index contributed by atoms with van der Waals surface area (Å²) in [6, 6.07) is 0. The van der Waals surface area contributed by atoms with Crippen LogP contribution in [0.5, 0.6) is 0 Å². The monoisotopic (exact) mass is 366 g/mol. The summed E-state index contributed by atoms with van der Waals surface area (Å²) in [5.74, 6) is 0. The van der Waals surface area contributed by atoms with E-state index in [-0.39, 0.29) is 68.4 Å². The molecule has 0 aromatic heterocycles. The number of rotatable bonds is 10. The average Bonchev–Trinajstić information content (AvgIpc) is 2.24. The van der Waals surface area contributed by atoms with E-state index in [4.69, 9.17) is 19.6 Å². The Hall–Kier alpha value is 2.26. The molecule has 0 atom stereocenters. The van der Waals surface area contributed by atoms with Gasteiger partial charge in [0.05, 0.1) is 0 Å². The molecule has 120 valence electrons. The van der Waals surface area contributed by atoms with Gasteiger partial charge in [0, 0.05) is 0 Å². The molecule has 0 saturated carbocycles. The van der Waals surface area contributed by atoms with Gasteiger partial charge in [0.25, 0.3) is 5.08 Å². The third kappa shape index (κ3) is 9.98. The Bertz CT molecular complexity index is 343. The minimum Gasteiger partial charge on any atom is -1.00 e. The first-order valence-electron chi connectivity index (χ1n) is 6.40. The fourth-order valence-corrected chi connectivity index (χ4v) is 4.04. The van der Waals surface area contributed by atoms with Crippen molar-refractivity contribution in [1.29, 1.82) is 0 Å². The molecule has 0 aliphatic heterocycles. The zero-order valence-electron chi connectivity index (χ0n) is 15.1. The molecule has 0 rings (SSSR count). The van der Waals surface area contributed by atoms with Crippen LogP contribution in [0, 0.1) is 0 Å². The van der Waals surface area contributed by atoms with Crippen LogP contribution in [0.25, 0.3) is 0 Å². The van der Waals surface area contributed by atoms with Crippen LogP contribution in [0.2, 0.25) is 0 Å². The summed E-state index contributed by atoms with van der Waals surface area (Å²) in [5, 5.41) is 6.35. The van der Waals surface area contributed by atoms with Crippen molar-refractivity contribution in [3.05, 3.63) is 0 Å². The molecule has 0 spiro atoms. The topological polar surface area (TPSA) is 135 Å². The van der Waals surface area contributed by atoms with Crippen molar-refractivity contribution in [2.75, 3.05) is 0 Å². The zero-order chi connectivity index (χ0) is 15.2. The van der Waals surface area contributed by atoms with Crippen molar-refractivity contribution < 1.29 is 95.8 Å². The maximum Gasteiger partial charge on any atom is 1.00 e. The van der Waals surface area contributed by atoms with Gasteiger partial charge in [0.15, 0.2) is 0 Å². The Balaban J connectivity index is -0.000000270. The largest absolute Gasteiger partial charge is 1.00 e. The van der Waals surface area contributed by atoms with Crippen LogP contribution in [-0.4, -0.2) is 29.8 Å². The first-order chi connectivity index (χ1) is 8.56. The Kier molecular flexibility index (Phi) is 16.8. The van der Waals surface area contributed by atoms with Gasteiger partial charge in [-0.3, -0.25) is 9.13 Å². The van der Waals surface area contributed by atoms with Crippen LogP contribution in [0.4, 0.5) is 0 Å². The van der Waals surface area contributed by atoms with Gasteiger partial charge in [0.1, 0.15) is 0 Å². The van der Waals surface area contributed by atoms with Gasteiger partial charge < -0.3 is 27.5 Å². The van der Waals surface area contributed by atoms with Crippen molar-refractivity contribution in [1.82, 2.24) is 0 Å². The Labute approximate surface area is 173 Å². The average molecular weight is 366 g/mol. The number of aliphatic hydroxyl groups is 1. The molecule has 0 saturated heterocycles. The van der Waals surface area contributed by atoms with Crippen molar-refractivity contribution in [2.24, 2.45) is 0 Å². The smallest absolute Gasteiger partial charge is 1.00 e. The first kappa shape index (κ1) is 28.1. The van der Waals surface area contributed by atoms with Gasteiger partial charge in [-0.1, -0.05) is 45.4 Å². The van der Waals surface area contributed by atoms with E-state index in [1.807, 2.05) is 0 Å². The van der Waals surface area contributed by atoms with Gasteiger partial charge in [-0.15, -0.1) is 0 Å². The predicted octanol–water partition coefficient (Wildman–Crippen LogP) is -3.64. The predicted molar refractivity (Wildman–Crippen MR) is 73.9 cm³/mol. The molecular formula is C10H26Na2O7P2. The van der Waals surface area contributed by atoms with Gasteiger partial charge in [-0.2, -0.15) is 0 Å². The molecule has 0 bridgehead atoms. The summed E-state index contributed by atoms with van der Waals surface area (Å²) >= 11 is 0. The van der Waals surface area contributed by atoms with Crippen molar-refractivity contribution >= 4 is 15.2 Å². The molecule has 0 heterocycles. The molecule has 0 aliphatic rings. The van der Waals surface area contributed by atoms with E-state index < -0.39 is 26.7 Å². The molecule has 11 heteroatoms. The summed E-state index contributed by atoms with van der Waals surface area (Å²) < 4.78 is 22.1. The normalized spacial score (nSPS) is 12.5. The molecule has 0 aliphatic carbocycles. The Morgan fingerprint density at radius 1 is 0.810 bits per heavy atom. The van der Waals surface area contributed by atoms with Crippen LogP contribution in [-0.2, 0) is 9.13 Å². The first-order valence-corrected chi connectivity index (χ1v) is 9.62. The molecule has 0 aromatic rings. The standard InChI is InChI=1S/C10H24O7P2.2Na.2H/c1-2-3-4-5-6-7-8-9-10(11,18(12,13)14)19(15,16)17;;;;/h11H,2-9H2,1H3,(H2,12,13,14)(H2,15,16,17);;;;/q;2*+1;2*-1. The molecule has 7 nitrogen and oxygen atoms in total. The molecule has 21 heavy (non-hydrogen) atoms. The van der Waals surface area contributed by atoms with Crippen LogP contribution in [0.1, 0.15) is 61.1 Å². The second-order valence-electron chi connectivity index (χ2n) is 4.73. The van der Waals surface area contributed by atoms with E-state index in [0.29, 0.717) is 6.42 Å². The fourth-order valence-electron chi connectivity index (χ4n) is 1.78. The van der Waals surface area contributed by atoms with Crippen LogP contribution in [0.15, 0.2) is 0 Å². The molecule has 5 N–H and O–H groups in total. The van der Waals surface area contributed by atoms with E-state index in [0.717, 1.165) is 32.1 Å². The SMILES string of the molecule is CCCCCCCCCC(O)(P(=O)(O)O)P(=O)(O)O.[H-].[H-].[Na+].[Na+]. The Morgan fingerprint density at radius 2 is 1.14 bits per heavy atom. The van der Waals surface area contributed by atoms with Crippen LogP contribution in [0.3, 0.4) is 0 Å². The second kappa shape index (κ2) is 12.6. The zero-order valence-corrected chi connectivity index (χ0v) is 18.9. The third-order valence-corrected chi connectivity index (χ3v) is 6.93. The molecule has 0 radical (unpaired) electrons. The van der Waals surface area contributed by atoms with E-state index in [9.17, 15) is 14.2 Å². The molecule has 0 aromatic carbocycles. The second-order valence-corrected chi connectivity index (χ2v) is 8.74. The van der Waals surface area contributed by atoms with E-state index in [2.05, 4.69) is 6.92 Å². The molecule has 0 unspecified atom stereocenters. The van der Waals surface area contributed by atoms with Gasteiger partial charge in [0.2, 0.25) is 0 Å². The summed E-state index contributed by atoms with van der Waals surface area (Å²) in [5.41, 5.74) is 0. The summed E-state index contributed by atoms with van der Waals surface area (Å²) in [4.78, 5) is 35.7. The molecule has 0 amide bonds. The summed E-state index contributed by atoms with van der Waals surface area (Å²) in [7, 11) is -10.6. The number of unbranched alkanes of at least 4 members (excludes halogenated alkanes) is 6. The quantitative estimate of drug-likeness (QED) is 0.153. The third-order valence-electron chi connectivity index (χ3n) is 3.05. The molecular weight excluding hydrogens is 340 g/mol.